The molecule has 0 fully saturated rings. The number of halogens is 1. The second-order valence-electron chi connectivity index (χ2n) is 4.53. The van der Waals surface area contributed by atoms with Gasteiger partial charge in [0.1, 0.15) is 17.6 Å². The summed E-state index contributed by atoms with van der Waals surface area (Å²) in [6.07, 6.45) is 1.62. The van der Waals surface area contributed by atoms with Gasteiger partial charge in [-0.3, -0.25) is 0 Å². The van der Waals surface area contributed by atoms with Gasteiger partial charge in [-0.05, 0) is 31.7 Å². The highest BCUT2D eigenvalue weighted by Gasteiger charge is 2.13. The second kappa shape index (κ2) is 6.82. The van der Waals surface area contributed by atoms with Gasteiger partial charge in [0.25, 0.3) is 0 Å². The van der Waals surface area contributed by atoms with Crippen molar-refractivity contribution in [2.24, 2.45) is 0 Å². The molecule has 0 spiro atoms. The average Bonchev–Trinajstić information content (AvgIpc) is 2.48. The lowest BCUT2D eigenvalue weighted by atomic mass is 10.1. The normalized spacial score (nSPS) is 11.7. The monoisotopic (exact) mass is 285 g/mol. The molecule has 2 rings (SSSR count). The van der Waals surface area contributed by atoms with Gasteiger partial charge < -0.3 is 10.1 Å². The summed E-state index contributed by atoms with van der Waals surface area (Å²) in [4.78, 5) is 4.20. The van der Waals surface area contributed by atoms with E-state index < -0.39 is 5.82 Å². The van der Waals surface area contributed by atoms with Crippen molar-refractivity contribution >= 4 is 0 Å². The van der Waals surface area contributed by atoms with Crippen LogP contribution in [-0.2, 0) is 0 Å². The molecule has 1 unspecified atom stereocenters. The quantitative estimate of drug-likeness (QED) is 0.912. The molecule has 1 aromatic carbocycles. The van der Waals surface area contributed by atoms with Crippen LogP contribution in [-0.4, -0.2) is 11.5 Å². The van der Waals surface area contributed by atoms with Crippen molar-refractivity contribution in [3.05, 3.63) is 53.5 Å². The predicted molar refractivity (Wildman–Crippen MR) is 77.5 cm³/mol. The Morgan fingerprint density at radius 2 is 2.24 bits per heavy atom. The fourth-order valence-corrected chi connectivity index (χ4v) is 2.00. The molecule has 108 valence electrons. The van der Waals surface area contributed by atoms with E-state index in [1.54, 1.807) is 18.3 Å². The van der Waals surface area contributed by atoms with Gasteiger partial charge in [-0.25, -0.2) is 9.37 Å². The number of nitrogens with one attached hydrogen (secondary N) is 1. The highest BCUT2D eigenvalue weighted by molar-refractivity contribution is 5.39. The molecule has 0 radical (unpaired) electrons. The maximum Gasteiger partial charge on any atom is 0.223 e. The van der Waals surface area contributed by atoms with Gasteiger partial charge in [0.15, 0.2) is 0 Å². The Bertz CT molecular complexity index is 667. The number of nitriles is 1. The van der Waals surface area contributed by atoms with E-state index in [-0.39, 0.29) is 11.6 Å². The van der Waals surface area contributed by atoms with Gasteiger partial charge in [0.2, 0.25) is 5.88 Å². The van der Waals surface area contributed by atoms with Crippen LogP contribution in [0.2, 0.25) is 0 Å². The van der Waals surface area contributed by atoms with Crippen LogP contribution in [0.4, 0.5) is 4.39 Å². The Balaban J connectivity index is 2.28. The molecular formula is C16H16FN3O. The van der Waals surface area contributed by atoms with Gasteiger partial charge in [0.05, 0.1) is 5.56 Å². The summed E-state index contributed by atoms with van der Waals surface area (Å²) in [6.45, 7) is 4.84. The summed E-state index contributed by atoms with van der Waals surface area (Å²) in [5.41, 5.74) is 0.883. The third kappa shape index (κ3) is 3.56. The summed E-state index contributed by atoms with van der Waals surface area (Å²) in [6, 6.07) is 9.72. The Morgan fingerprint density at radius 3 is 2.90 bits per heavy atom. The van der Waals surface area contributed by atoms with E-state index in [0.29, 0.717) is 11.6 Å². The highest BCUT2D eigenvalue weighted by atomic mass is 19.1. The Labute approximate surface area is 123 Å². The van der Waals surface area contributed by atoms with Crippen LogP contribution in [0.15, 0.2) is 36.5 Å². The lowest BCUT2D eigenvalue weighted by molar-refractivity contribution is 0.440. The number of benzene rings is 1. The summed E-state index contributed by atoms with van der Waals surface area (Å²) in [7, 11) is 0. The van der Waals surface area contributed by atoms with E-state index in [2.05, 4.69) is 10.3 Å². The van der Waals surface area contributed by atoms with Crippen molar-refractivity contribution < 1.29 is 9.13 Å². The summed E-state index contributed by atoms with van der Waals surface area (Å²) < 4.78 is 19.3. The van der Waals surface area contributed by atoms with Crippen molar-refractivity contribution in [1.29, 1.82) is 5.26 Å². The second-order valence-corrected chi connectivity index (χ2v) is 4.53. The molecule has 0 bridgehead atoms. The van der Waals surface area contributed by atoms with E-state index in [0.717, 1.165) is 12.1 Å². The van der Waals surface area contributed by atoms with Crippen molar-refractivity contribution in [1.82, 2.24) is 10.3 Å². The first-order chi connectivity index (χ1) is 10.2. The number of ether oxygens (including phenoxy) is 1. The third-order valence-corrected chi connectivity index (χ3v) is 3.05. The first-order valence-electron chi connectivity index (χ1n) is 6.71. The van der Waals surface area contributed by atoms with E-state index in [9.17, 15) is 4.39 Å². The molecule has 0 aliphatic carbocycles. The van der Waals surface area contributed by atoms with Crippen LogP contribution >= 0.6 is 0 Å². The van der Waals surface area contributed by atoms with Gasteiger partial charge >= 0.3 is 0 Å². The maximum atomic E-state index is 13.6. The molecule has 5 heteroatoms. The standard InChI is InChI=1S/C16H16FN3O/c1-3-19-11(2)14-5-4-8-20-16(14)21-13-7-6-12(10-18)15(17)9-13/h4-9,11,19H,3H2,1-2H3. The predicted octanol–water partition coefficient (Wildman–Crippen LogP) is 3.56. The van der Waals surface area contributed by atoms with E-state index >= 15 is 0 Å². The van der Waals surface area contributed by atoms with Gasteiger partial charge in [0, 0.05) is 23.9 Å². The molecule has 0 aliphatic heterocycles. The molecule has 1 aromatic heterocycles. The minimum absolute atomic E-state index is 0.00962. The third-order valence-electron chi connectivity index (χ3n) is 3.05. The summed E-state index contributed by atoms with van der Waals surface area (Å²) in [5.74, 6) is 0.136. The zero-order valence-electron chi connectivity index (χ0n) is 11.9. The molecule has 2 aromatic rings. The maximum absolute atomic E-state index is 13.6. The number of nitrogens with zero attached hydrogens (tertiary/aromatic N) is 2. The van der Waals surface area contributed by atoms with Gasteiger partial charge in [-0.15, -0.1) is 0 Å². The van der Waals surface area contributed by atoms with E-state index in [1.807, 2.05) is 26.0 Å². The summed E-state index contributed by atoms with van der Waals surface area (Å²) in [5, 5.41) is 12.0. The molecular weight excluding hydrogens is 269 g/mol. The van der Waals surface area contributed by atoms with Crippen LogP contribution in [0.5, 0.6) is 11.6 Å². The van der Waals surface area contributed by atoms with Crippen molar-refractivity contribution in [3.63, 3.8) is 0 Å². The molecule has 0 aliphatic rings. The van der Waals surface area contributed by atoms with Crippen LogP contribution in [0.3, 0.4) is 0 Å². The van der Waals surface area contributed by atoms with Crippen LogP contribution in [0.25, 0.3) is 0 Å². The fourth-order valence-electron chi connectivity index (χ4n) is 2.00. The SMILES string of the molecule is CCNC(C)c1cccnc1Oc1ccc(C#N)c(F)c1. The Kier molecular flexibility index (Phi) is 4.85. The number of pyridine rings is 1. The first-order valence-corrected chi connectivity index (χ1v) is 6.71. The number of hydrogen-bond donors (Lipinski definition) is 1. The smallest absolute Gasteiger partial charge is 0.223 e. The molecule has 1 atom stereocenters. The molecule has 1 N–H and O–H groups in total. The van der Waals surface area contributed by atoms with E-state index in [1.165, 1.54) is 12.1 Å². The van der Waals surface area contributed by atoms with Gasteiger partial charge in [-0.1, -0.05) is 13.0 Å². The van der Waals surface area contributed by atoms with Crippen LogP contribution in [0, 0.1) is 17.1 Å². The first kappa shape index (κ1) is 14.9. The average molecular weight is 285 g/mol. The zero-order valence-corrected chi connectivity index (χ0v) is 11.9. The number of hydrogen-bond acceptors (Lipinski definition) is 4. The summed E-state index contributed by atoms with van der Waals surface area (Å²) >= 11 is 0. The zero-order chi connectivity index (χ0) is 15.2. The van der Waals surface area contributed by atoms with Gasteiger partial charge in [-0.2, -0.15) is 5.26 Å². The van der Waals surface area contributed by atoms with Crippen molar-refractivity contribution in [3.8, 4) is 17.7 Å². The lowest BCUT2D eigenvalue weighted by Gasteiger charge is -2.16. The molecule has 0 saturated heterocycles. The Morgan fingerprint density at radius 1 is 1.43 bits per heavy atom. The highest BCUT2D eigenvalue weighted by Crippen LogP contribution is 2.28. The minimum Gasteiger partial charge on any atom is -0.439 e. The number of aromatic nitrogens is 1. The largest absolute Gasteiger partial charge is 0.439 e. The molecule has 4 nitrogen and oxygen atoms in total. The van der Waals surface area contributed by atoms with Crippen molar-refractivity contribution in [2.45, 2.75) is 19.9 Å². The van der Waals surface area contributed by atoms with Crippen molar-refractivity contribution in [2.75, 3.05) is 6.54 Å². The molecule has 0 saturated carbocycles. The number of rotatable bonds is 5. The molecule has 0 amide bonds. The Hall–Kier alpha value is -2.45. The van der Waals surface area contributed by atoms with Crippen LogP contribution < -0.4 is 10.1 Å². The van der Waals surface area contributed by atoms with E-state index in [4.69, 9.17) is 10.00 Å². The molecule has 1 heterocycles. The van der Waals surface area contributed by atoms with Crippen LogP contribution in [0.1, 0.15) is 31.0 Å². The fraction of sp³-hybridized carbons (Fsp3) is 0.250. The molecule has 21 heavy (non-hydrogen) atoms. The lowest BCUT2D eigenvalue weighted by Crippen LogP contribution is -2.18. The topological polar surface area (TPSA) is 57.9 Å². The minimum atomic E-state index is -0.604.